The van der Waals surface area contributed by atoms with Gasteiger partial charge in [0.25, 0.3) is 0 Å². The van der Waals surface area contributed by atoms with Crippen molar-refractivity contribution in [3.8, 4) is 0 Å². The maximum Gasteiger partial charge on any atom is 0.0104 e. The van der Waals surface area contributed by atoms with Crippen LogP contribution in [0.25, 0.3) is 0 Å². The van der Waals surface area contributed by atoms with Gasteiger partial charge in [-0.05, 0) is 61.6 Å². The fourth-order valence-electron chi connectivity index (χ4n) is 3.44. The van der Waals surface area contributed by atoms with Crippen molar-refractivity contribution in [2.45, 2.75) is 65.3 Å². The van der Waals surface area contributed by atoms with E-state index in [9.17, 15) is 0 Å². The van der Waals surface area contributed by atoms with Crippen LogP contribution in [0.3, 0.4) is 0 Å². The Morgan fingerprint density at radius 3 is 2.19 bits per heavy atom. The van der Waals surface area contributed by atoms with Crippen molar-refractivity contribution >= 4 is 0 Å². The Morgan fingerprint density at radius 1 is 1.14 bits per heavy atom. The van der Waals surface area contributed by atoms with E-state index in [1.54, 1.807) is 0 Å². The number of hydrogen-bond donors (Lipinski definition) is 0. The molecule has 0 radical (unpaired) electrons. The lowest BCUT2D eigenvalue weighted by Gasteiger charge is -2.37. The first-order valence-corrected chi connectivity index (χ1v) is 8.55. The van der Waals surface area contributed by atoms with E-state index in [2.05, 4.69) is 70.8 Å². The van der Waals surface area contributed by atoms with Crippen LogP contribution in [-0.2, 0) is 11.8 Å². The highest BCUT2D eigenvalue weighted by molar-refractivity contribution is 5.27. The van der Waals surface area contributed by atoms with E-state index in [1.807, 2.05) is 0 Å². The molecule has 1 nitrogen and oxygen atoms in total. The number of benzene rings is 1. The zero-order valence-corrected chi connectivity index (χ0v) is 14.8. The molecule has 1 aromatic carbocycles. The van der Waals surface area contributed by atoms with Crippen LogP contribution < -0.4 is 0 Å². The third kappa shape index (κ3) is 4.57. The third-order valence-corrected chi connectivity index (χ3v) is 5.12. The van der Waals surface area contributed by atoms with Crippen molar-refractivity contribution in [3.63, 3.8) is 0 Å². The van der Waals surface area contributed by atoms with Gasteiger partial charge >= 0.3 is 0 Å². The molecule has 0 saturated heterocycles. The van der Waals surface area contributed by atoms with Gasteiger partial charge in [-0.15, -0.1) is 0 Å². The van der Waals surface area contributed by atoms with E-state index in [-0.39, 0.29) is 5.41 Å². The van der Waals surface area contributed by atoms with E-state index < -0.39 is 0 Å². The second-order valence-electron chi connectivity index (χ2n) is 8.38. The molecule has 1 saturated carbocycles. The Labute approximate surface area is 131 Å². The molecule has 0 heterocycles. The monoisotopic (exact) mass is 287 g/mol. The van der Waals surface area contributed by atoms with Crippen LogP contribution in [0.1, 0.15) is 58.6 Å². The van der Waals surface area contributed by atoms with Gasteiger partial charge in [0, 0.05) is 12.6 Å². The first kappa shape index (κ1) is 16.5. The molecule has 0 amide bonds. The molecule has 1 aromatic rings. The fraction of sp³-hybridized carbons (Fsp3) is 0.700. The van der Waals surface area contributed by atoms with Crippen molar-refractivity contribution < 1.29 is 0 Å². The van der Waals surface area contributed by atoms with Crippen molar-refractivity contribution in [3.05, 3.63) is 35.4 Å². The van der Waals surface area contributed by atoms with E-state index in [4.69, 9.17) is 0 Å². The molecule has 1 heteroatoms. The highest BCUT2D eigenvalue weighted by Gasteiger charge is 2.27. The fourth-order valence-corrected chi connectivity index (χ4v) is 3.44. The zero-order valence-electron chi connectivity index (χ0n) is 14.8. The van der Waals surface area contributed by atoms with Gasteiger partial charge in [-0.1, -0.05) is 52.0 Å². The van der Waals surface area contributed by atoms with Crippen LogP contribution in [-0.4, -0.2) is 24.5 Å². The molecule has 2 rings (SSSR count). The van der Waals surface area contributed by atoms with Gasteiger partial charge in [-0.3, -0.25) is 0 Å². The molecular weight excluding hydrogens is 254 g/mol. The summed E-state index contributed by atoms with van der Waals surface area (Å²) >= 11 is 0. The first-order chi connectivity index (χ1) is 9.75. The van der Waals surface area contributed by atoms with E-state index in [1.165, 1.54) is 30.5 Å². The van der Waals surface area contributed by atoms with Gasteiger partial charge in [0.05, 0.1) is 0 Å². The van der Waals surface area contributed by atoms with Crippen LogP contribution in [0, 0.1) is 11.8 Å². The minimum Gasteiger partial charge on any atom is -0.303 e. The average Bonchev–Trinajstić information content (AvgIpc) is 2.36. The molecule has 0 aliphatic heterocycles. The molecule has 21 heavy (non-hydrogen) atoms. The van der Waals surface area contributed by atoms with Crippen molar-refractivity contribution in [2.24, 2.45) is 11.8 Å². The Bertz CT molecular complexity index is 434. The topological polar surface area (TPSA) is 3.24 Å². The first-order valence-electron chi connectivity index (χ1n) is 8.55. The molecule has 0 spiro atoms. The summed E-state index contributed by atoms with van der Waals surface area (Å²) in [5.74, 6) is 1.90. The van der Waals surface area contributed by atoms with Gasteiger partial charge in [0.2, 0.25) is 0 Å². The summed E-state index contributed by atoms with van der Waals surface area (Å²) in [6.07, 6.45) is 4.01. The molecule has 1 aliphatic rings. The maximum atomic E-state index is 2.55. The lowest BCUT2D eigenvalue weighted by molar-refractivity contribution is 0.128. The Hall–Kier alpha value is -0.820. The normalized spacial score (nSPS) is 24.0. The molecule has 1 atom stereocenters. The second kappa shape index (κ2) is 6.52. The largest absolute Gasteiger partial charge is 0.303 e. The van der Waals surface area contributed by atoms with Crippen LogP contribution in [0.4, 0.5) is 0 Å². The predicted molar refractivity (Wildman–Crippen MR) is 92.8 cm³/mol. The van der Waals surface area contributed by atoms with Gasteiger partial charge in [-0.25, -0.2) is 0 Å². The highest BCUT2D eigenvalue weighted by Crippen LogP contribution is 2.33. The molecule has 0 aromatic heterocycles. The van der Waals surface area contributed by atoms with Gasteiger partial charge in [0.1, 0.15) is 0 Å². The molecular formula is C20H33N. The summed E-state index contributed by atoms with van der Waals surface area (Å²) in [7, 11) is 2.29. The summed E-state index contributed by atoms with van der Waals surface area (Å²) in [5, 5.41) is 0. The minimum atomic E-state index is 0.252. The number of hydrogen-bond acceptors (Lipinski definition) is 1. The number of rotatable bonds is 5. The Balaban J connectivity index is 1.85. The third-order valence-electron chi connectivity index (χ3n) is 5.12. The molecule has 0 bridgehead atoms. The van der Waals surface area contributed by atoms with Crippen LogP contribution in [0.15, 0.2) is 24.3 Å². The van der Waals surface area contributed by atoms with E-state index in [0.717, 1.165) is 18.3 Å². The predicted octanol–water partition coefficient (Wildman–Crippen LogP) is 4.89. The quantitative estimate of drug-likeness (QED) is 0.745. The summed E-state index contributed by atoms with van der Waals surface area (Å²) in [6, 6.07) is 9.86. The maximum absolute atomic E-state index is 2.55. The van der Waals surface area contributed by atoms with E-state index >= 15 is 0 Å². The van der Waals surface area contributed by atoms with Crippen molar-refractivity contribution in [2.75, 3.05) is 13.6 Å². The van der Waals surface area contributed by atoms with E-state index in [0.29, 0.717) is 6.04 Å². The van der Waals surface area contributed by atoms with Gasteiger partial charge < -0.3 is 4.90 Å². The van der Waals surface area contributed by atoms with Crippen LogP contribution in [0.5, 0.6) is 0 Å². The van der Waals surface area contributed by atoms with Gasteiger partial charge in [-0.2, -0.15) is 0 Å². The minimum absolute atomic E-state index is 0.252. The summed E-state index contributed by atoms with van der Waals surface area (Å²) in [5.41, 5.74) is 3.14. The summed E-state index contributed by atoms with van der Waals surface area (Å²) in [6.45, 7) is 12.8. The summed E-state index contributed by atoms with van der Waals surface area (Å²) in [4.78, 5) is 2.55. The molecule has 1 fully saturated rings. The highest BCUT2D eigenvalue weighted by atomic mass is 15.1. The standard InChI is InChI=1S/C20H33N/c1-15-11-18(12-15)14-21(6)16(2)13-17-7-9-19(10-8-17)20(3,4)5/h7-10,15-16,18H,11-14H2,1-6H3/t15-,16?,18-. The average molecular weight is 287 g/mol. The van der Waals surface area contributed by atoms with Crippen molar-refractivity contribution in [1.29, 1.82) is 0 Å². The van der Waals surface area contributed by atoms with Crippen LogP contribution in [0.2, 0.25) is 0 Å². The summed E-state index contributed by atoms with van der Waals surface area (Å²) < 4.78 is 0. The van der Waals surface area contributed by atoms with Gasteiger partial charge in [0.15, 0.2) is 0 Å². The Kier molecular flexibility index (Phi) is 5.14. The molecule has 1 aliphatic carbocycles. The Morgan fingerprint density at radius 2 is 1.71 bits per heavy atom. The lowest BCUT2D eigenvalue weighted by Crippen LogP contribution is -2.38. The molecule has 1 unspecified atom stereocenters. The number of nitrogens with zero attached hydrogens (tertiary/aromatic N) is 1. The molecule has 0 N–H and O–H groups in total. The second-order valence-corrected chi connectivity index (χ2v) is 8.38. The SMILES string of the molecule is CC(Cc1ccc(C(C)(C)C)cc1)N(C)C[C@H]1C[C@H](C)C1. The zero-order chi connectivity index (χ0) is 15.6. The molecule has 118 valence electrons. The van der Waals surface area contributed by atoms with Crippen molar-refractivity contribution in [1.82, 2.24) is 4.90 Å². The van der Waals surface area contributed by atoms with Crippen LogP contribution >= 0.6 is 0 Å². The lowest BCUT2D eigenvalue weighted by atomic mass is 9.76. The smallest absolute Gasteiger partial charge is 0.0104 e. The number of likely N-dealkylation sites (N-methyl/N-ethyl adjacent to an activating group) is 1.